The quantitative estimate of drug-likeness (QED) is 0.439. The summed E-state index contributed by atoms with van der Waals surface area (Å²) in [5, 5.41) is 0. The molecule has 0 N–H and O–H groups in total. The molecular weight excluding hydrogens is 358 g/mol. The first-order chi connectivity index (χ1) is 13.5. The summed E-state index contributed by atoms with van der Waals surface area (Å²) in [6.07, 6.45) is 6.28. The first-order valence-electron chi connectivity index (χ1n) is 9.41. The number of amides is 1. The van der Waals surface area contributed by atoms with Crippen LogP contribution in [0.3, 0.4) is 0 Å². The van der Waals surface area contributed by atoms with Crippen LogP contribution < -0.4 is 0 Å². The number of hydrogen-bond acceptors (Lipinski definition) is 5. The molecule has 2 aromatic rings. The molecule has 0 saturated carbocycles. The lowest BCUT2D eigenvalue weighted by Crippen LogP contribution is -2.38. The predicted octanol–water partition coefficient (Wildman–Crippen LogP) is 2.57. The topological polar surface area (TPSA) is 81.5 Å². The minimum atomic E-state index is -0.424. The van der Waals surface area contributed by atoms with Crippen LogP contribution in [0.15, 0.2) is 49.1 Å². The Morgan fingerprint density at radius 2 is 1.93 bits per heavy atom. The maximum absolute atomic E-state index is 12.7. The van der Waals surface area contributed by atoms with Crippen molar-refractivity contribution in [2.75, 3.05) is 20.2 Å². The highest BCUT2D eigenvalue weighted by Crippen LogP contribution is 2.10. The summed E-state index contributed by atoms with van der Waals surface area (Å²) in [7, 11) is 1.34. The fraction of sp³-hybridized carbons (Fsp3) is 0.429. The molecule has 0 aliphatic heterocycles. The minimum absolute atomic E-state index is 0.0617. The number of carbonyl (C=O) groups is 3. The number of methoxy groups -OCH3 is 1. The van der Waals surface area contributed by atoms with Crippen molar-refractivity contribution in [2.45, 2.75) is 32.7 Å². The Hall–Kier alpha value is -2.96. The van der Waals surface area contributed by atoms with E-state index in [1.54, 1.807) is 48.6 Å². The molecule has 0 spiro atoms. The summed E-state index contributed by atoms with van der Waals surface area (Å²) in [6.45, 7) is 3.23. The van der Waals surface area contributed by atoms with Gasteiger partial charge in [0.05, 0.1) is 19.4 Å². The van der Waals surface area contributed by atoms with E-state index in [0.29, 0.717) is 12.1 Å². The normalized spacial score (nSPS) is 11.6. The van der Waals surface area contributed by atoms with E-state index in [1.807, 2.05) is 16.8 Å². The summed E-state index contributed by atoms with van der Waals surface area (Å²) in [5.74, 6) is -0.973. The van der Waals surface area contributed by atoms with Gasteiger partial charge in [0, 0.05) is 50.4 Å². The smallest absolute Gasteiger partial charge is 0.310 e. The van der Waals surface area contributed by atoms with Gasteiger partial charge in [-0.15, -0.1) is 0 Å². The van der Waals surface area contributed by atoms with Gasteiger partial charge in [-0.25, -0.2) is 4.98 Å². The lowest BCUT2D eigenvalue weighted by atomic mass is 10.1. The molecule has 1 aromatic carbocycles. The number of hydrogen-bond donors (Lipinski definition) is 0. The molecule has 0 aliphatic rings. The Bertz CT molecular complexity index is 759. The van der Waals surface area contributed by atoms with Crippen molar-refractivity contribution in [1.29, 1.82) is 0 Å². The molecule has 0 saturated heterocycles. The number of aromatic nitrogens is 2. The number of esters is 1. The largest absolute Gasteiger partial charge is 0.469 e. The zero-order chi connectivity index (χ0) is 20.4. The van der Waals surface area contributed by atoms with E-state index in [0.717, 1.165) is 13.0 Å². The van der Waals surface area contributed by atoms with Gasteiger partial charge in [0.2, 0.25) is 5.91 Å². The van der Waals surface area contributed by atoms with Crippen molar-refractivity contribution in [3.8, 4) is 0 Å². The average Bonchev–Trinajstić information content (AvgIpc) is 3.24. The van der Waals surface area contributed by atoms with Crippen LogP contribution in [-0.2, 0) is 20.9 Å². The van der Waals surface area contributed by atoms with Gasteiger partial charge >= 0.3 is 5.97 Å². The second kappa shape index (κ2) is 11.0. The van der Waals surface area contributed by atoms with Crippen molar-refractivity contribution in [2.24, 2.45) is 5.92 Å². The Kier molecular flexibility index (Phi) is 8.39. The van der Waals surface area contributed by atoms with E-state index in [2.05, 4.69) is 4.98 Å². The van der Waals surface area contributed by atoms with Crippen LogP contribution in [-0.4, -0.2) is 52.3 Å². The molecule has 0 fully saturated rings. The minimum Gasteiger partial charge on any atom is -0.469 e. The molecule has 7 heteroatoms. The highest BCUT2D eigenvalue weighted by Gasteiger charge is 2.22. The lowest BCUT2D eigenvalue weighted by molar-refractivity contribution is -0.146. The van der Waals surface area contributed by atoms with Crippen molar-refractivity contribution < 1.29 is 19.1 Å². The number of nitrogens with zero attached hydrogens (tertiary/aromatic N) is 3. The zero-order valence-corrected chi connectivity index (χ0v) is 16.4. The number of carbonyl (C=O) groups excluding carboxylic acids is 3. The number of aryl methyl sites for hydroxylation is 1. The summed E-state index contributed by atoms with van der Waals surface area (Å²) in [6, 6.07) is 8.94. The molecule has 1 amide bonds. The van der Waals surface area contributed by atoms with Crippen LogP contribution in [0.5, 0.6) is 0 Å². The third-order valence-electron chi connectivity index (χ3n) is 4.52. The van der Waals surface area contributed by atoms with Crippen LogP contribution in [0.1, 0.15) is 36.5 Å². The molecule has 1 atom stereocenters. The Morgan fingerprint density at radius 3 is 2.57 bits per heavy atom. The summed E-state index contributed by atoms with van der Waals surface area (Å²) in [5.41, 5.74) is 0.602. The Balaban J connectivity index is 1.92. The molecule has 150 valence electrons. The van der Waals surface area contributed by atoms with E-state index in [9.17, 15) is 14.4 Å². The summed E-state index contributed by atoms with van der Waals surface area (Å²) >= 11 is 0. The molecule has 28 heavy (non-hydrogen) atoms. The van der Waals surface area contributed by atoms with Gasteiger partial charge in [-0.3, -0.25) is 14.4 Å². The van der Waals surface area contributed by atoms with E-state index in [1.165, 1.54) is 7.11 Å². The second-order valence-corrected chi connectivity index (χ2v) is 6.71. The molecule has 0 radical (unpaired) electrons. The third kappa shape index (κ3) is 6.64. The predicted molar refractivity (Wildman–Crippen MR) is 105 cm³/mol. The van der Waals surface area contributed by atoms with E-state index in [-0.39, 0.29) is 37.0 Å². The van der Waals surface area contributed by atoms with Gasteiger partial charge < -0.3 is 14.2 Å². The highest BCUT2D eigenvalue weighted by atomic mass is 16.5. The molecule has 7 nitrogen and oxygen atoms in total. The molecule has 1 aromatic heterocycles. The van der Waals surface area contributed by atoms with Crippen LogP contribution in [0.25, 0.3) is 0 Å². The zero-order valence-electron chi connectivity index (χ0n) is 16.4. The third-order valence-corrected chi connectivity index (χ3v) is 4.52. The van der Waals surface area contributed by atoms with Gasteiger partial charge in [0.15, 0.2) is 5.78 Å². The number of ether oxygens (including phenoxy) is 1. The number of benzene rings is 1. The molecule has 0 aliphatic carbocycles. The highest BCUT2D eigenvalue weighted by molar-refractivity contribution is 5.97. The summed E-state index contributed by atoms with van der Waals surface area (Å²) in [4.78, 5) is 42.4. The van der Waals surface area contributed by atoms with Crippen LogP contribution in [0.2, 0.25) is 0 Å². The maximum atomic E-state index is 12.7. The number of Topliss-reactive ketones (excluding diaryl/α,β-unsaturated/α-hetero) is 1. The molecule has 1 heterocycles. The van der Waals surface area contributed by atoms with Crippen LogP contribution in [0.4, 0.5) is 0 Å². The number of imidazole rings is 1. The maximum Gasteiger partial charge on any atom is 0.310 e. The summed E-state index contributed by atoms with van der Waals surface area (Å²) < 4.78 is 6.70. The van der Waals surface area contributed by atoms with Crippen LogP contribution >= 0.6 is 0 Å². The SMILES string of the molecule is COC(=O)C(C)CN(CCCn1ccnc1)C(=O)CCC(=O)c1ccccc1. The molecule has 1 unspecified atom stereocenters. The fourth-order valence-corrected chi connectivity index (χ4v) is 2.93. The van der Waals surface area contributed by atoms with Gasteiger partial charge in [0.25, 0.3) is 0 Å². The van der Waals surface area contributed by atoms with E-state index < -0.39 is 5.92 Å². The van der Waals surface area contributed by atoms with Crippen LogP contribution in [0, 0.1) is 5.92 Å². The monoisotopic (exact) mass is 385 g/mol. The van der Waals surface area contributed by atoms with E-state index >= 15 is 0 Å². The van der Waals surface area contributed by atoms with Crippen molar-refractivity contribution in [3.63, 3.8) is 0 Å². The molecule has 2 rings (SSSR count). The Labute approximate surface area is 165 Å². The fourth-order valence-electron chi connectivity index (χ4n) is 2.93. The van der Waals surface area contributed by atoms with Crippen molar-refractivity contribution in [3.05, 3.63) is 54.6 Å². The number of rotatable bonds is 11. The second-order valence-electron chi connectivity index (χ2n) is 6.71. The van der Waals surface area contributed by atoms with E-state index in [4.69, 9.17) is 4.74 Å². The molecular formula is C21H27N3O4. The number of ketones is 1. The Morgan fingerprint density at radius 1 is 1.18 bits per heavy atom. The van der Waals surface area contributed by atoms with Crippen molar-refractivity contribution in [1.82, 2.24) is 14.5 Å². The molecule has 0 bridgehead atoms. The van der Waals surface area contributed by atoms with Gasteiger partial charge in [-0.1, -0.05) is 37.3 Å². The standard InChI is InChI=1S/C21H27N3O4/c1-17(21(27)28-2)15-24(13-6-12-23-14-11-22-16-23)20(26)10-9-19(25)18-7-4-3-5-8-18/h3-5,7-8,11,14,16-17H,6,9-10,12-13,15H2,1-2H3. The first-order valence-corrected chi connectivity index (χ1v) is 9.41. The van der Waals surface area contributed by atoms with Gasteiger partial charge in [-0.2, -0.15) is 0 Å². The van der Waals surface area contributed by atoms with Gasteiger partial charge in [0.1, 0.15) is 0 Å². The lowest BCUT2D eigenvalue weighted by Gasteiger charge is -2.25. The van der Waals surface area contributed by atoms with Crippen molar-refractivity contribution >= 4 is 17.7 Å². The van der Waals surface area contributed by atoms with Gasteiger partial charge in [-0.05, 0) is 6.42 Å². The average molecular weight is 385 g/mol. The first kappa shape index (κ1) is 21.3.